The Kier molecular flexibility index (Phi) is 4.66. The van der Waals surface area contributed by atoms with Crippen molar-refractivity contribution in [2.24, 2.45) is 0 Å². The number of carbonyl (C=O) groups excluding carboxylic acids is 2. The van der Waals surface area contributed by atoms with Gasteiger partial charge in [-0.1, -0.05) is 17.8 Å². The third-order valence-corrected chi connectivity index (χ3v) is 4.59. The lowest BCUT2D eigenvalue weighted by atomic mass is 10.3. The molecule has 0 atom stereocenters. The van der Waals surface area contributed by atoms with E-state index in [4.69, 9.17) is 4.74 Å². The van der Waals surface area contributed by atoms with E-state index >= 15 is 0 Å². The number of likely N-dealkylation sites (tertiary alicyclic amines) is 1. The Labute approximate surface area is 138 Å². The van der Waals surface area contributed by atoms with E-state index in [9.17, 15) is 9.59 Å². The fourth-order valence-corrected chi connectivity index (χ4v) is 3.35. The van der Waals surface area contributed by atoms with Crippen molar-refractivity contribution in [1.29, 1.82) is 0 Å². The minimum atomic E-state index is -0.0771. The fraction of sp³-hybridized carbons (Fsp3) is 0.312. The molecule has 0 bridgehead atoms. The summed E-state index contributed by atoms with van der Waals surface area (Å²) in [6.07, 6.45) is 4.28. The molecule has 3 rings (SSSR count). The molecule has 7 heteroatoms. The van der Waals surface area contributed by atoms with Gasteiger partial charge >= 0.3 is 0 Å². The molecule has 1 aliphatic heterocycles. The lowest BCUT2D eigenvalue weighted by Crippen LogP contribution is -2.31. The standard InChI is InChI=1S/C16H17N3O3S/c1-22-13-4-2-3-12(11-13)18-8-7-17-16(18)23-10-9-19-14(20)5-6-15(19)21/h2-4,7-8,11H,5-6,9-10H2,1H3. The highest BCUT2D eigenvalue weighted by Gasteiger charge is 2.28. The van der Waals surface area contributed by atoms with Gasteiger partial charge in [0.1, 0.15) is 5.75 Å². The van der Waals surface area contributed by atoms with E-state index in [0.717, 1.165) is 16.6 Å². The number of ether oxygens (including phenoxy) is 1. The second kappa shape index (κ2) is 6.87. The molecule has 1 aromatic carbocycles. The molecular formula is C16H17N3O3S. The van der Waals surface area contributed by atoms with Gasteiger partial charge in [0.15, 0.2) is 5.16 Å². The fourth-order valence-electron chi connectivity index (χ4n) is 2.45. The molecule has 120 valence electrons. The van der Waals surface area contributed by atoms with E-state index in [-0.39, 0.29) is 11.8 Å². The molecule has 1 aliphatic rings. The number of nitrogens with zero attached hydrogens (tertiary/aromatic N) is 3. The van der Waals surface area contributed by atoms with Crippen LogP contribution < -0.4 is 4.74 Å². The van der Waals surface area contributed by atoms with Gasteiger partial charge < -0.3 is 4.74 Å². The molecule has 0 unspecified atom stereocenters. The number of hydrogen-bond donors (Lipinski definition) is 0. The molecule has 1 aromatic heterocycles. The van der Waals surface area contributed by atoms with Gasteiger partial charge in [0.25, 0.3) is 0 Å². The zero-order valence-electron chi connectivity index (χ0n) is 12.8. The zero-order chi connectivity index (χ0) is 16.2. The van der Waals surface area contributed by atoms with Crippen LogP contribution in [-0.4, -0.2) is 45.7 Å². The van der Waals surface area contributed by atoms with Crippen LogP contribution in [0, 0.1) is 0 Å². The summed E-state index contributed by atoms with van der Waals surface area (Å²) in [4.78, 5) is 28.9. The first kappa shape index (κ1) is 15.6. The van der Waals surface area contributed by atoms with Crippen LogP contribution in [0.4, 0.5) is 0 Å². The Bertz CT molecular complexity index is 713. The molecule has 1 saturated heterocycles. The monoisotopic (exact) mass is 331 g/mol. The van der Waals surface area contributed by atoms with Gasteiger partial charge in [-0.25, -0.2) is 4.98 Å². The van der Waals surface area contributed by atoms with E-state index in [1.807, 2.05) is 35.0 Å². The first-order valence-corrected chi connectivity index (χ1v) is 8.31. The summed E-state index contributed by atoms with van der Waals surface area (Å²) in [5, 5.41) is 0.817. The van der Waals surface area contributed by atoms with Crippen LogP contribution in [0.3, 0.4) is 0 Å². The number of aromatic nitrogens is 2. The average molecular weight is 331 g/mol. The van der Waals surface area contributed by atoms with E-state index in [1.54, 1.807) is 13.3 Å². The molecule has 2 aromatic rings. The van der Waals surface area contributed by atoms with Crippen molar-refractivity contribution in [3.05, 3.63) is 36.7 Å². The number of imide groups is 1. The molecular weight excluding hydrogens is 314 g/mol. The Balaban J connectivity index is 1.67. The van der Waals surface area contributed by atoms with Crippen LogP contribution in [0.25, 0.3) is 5.69 Å². The molecule has 0 aliphatic carbocycles. The van der Waals surface area contributed by atoms with Crippen LogP contribution >= 0.6 is 11.8 Å². The second-order valence-electron chi connectivity index (χ2n) is 5.07. The zero-order valence-corrected chi connectivity index (χ0v) is 13.6. The predicted molar refractivity (Wildman–Crippen MR) is 86.8 cm³/mol. The molecule has 0 spiro atoms. The summed E-state index contributed by atoms with van der Waals surface area (Å²) in [6.45, 7) is 0.424. The van der Waals surface area contributed by atoms with Crippen LogP contribution in [0.5, 0.6) is 5.75 Å². The average Bonchev–Trinajstić information content (AvgIpc) is 3.16. The third-order valence-electron chi connectivity index (χ3n) is 3.64. The highest BCUT2D eigenvalue weighted by Crippen LogP contribution is 2.23. The van der Waals surface area contributed by atoms with Gasteiger partial charge in [0.05, 0.1) is 12.8 Å². The maximum Gasteiger partial charge on any atom is 0.229 e. The smallest absolute Gasteiger partial charge is 0.229 e. The van der Waals surface area contributed by atoms with E-state index in [2.05, 4.69) is 4.98 Å². The Hall–Kier alpha value is -2.28. The number of amides is 2. The molecule has 2 heterocycles. The van der Waals surface area contributed by atoms with E-state index < -0.39 is 0 Å². The molecule has 1 fully saturated rings. The first-order chi connectivity index (χ1) is 11.2. The maximum atomic E-state index is 11.6. The van der Waals surface area contributed by atoms with Gasteiger partial charge in [-0.15, -0.1) is 0 Å². The topological polar surface area (TPSA) is 64.4 Å². The van der Waals surface area contributed by atoms with Crippen LogP contribution in [0.15, 0.2) is 41.8 Å². The highest BCUT2D eigenvalue weighted by atomic mass is 32.2. The Morgan fingerprint density at radius 3 is 2.78 bits per heavy atom. The minimum absolute atomic E-state index is 0.0771. The summed E-state index contributed by atoms with van der Waals surface area (Å²) < 4.78 is 7.20. The van der Waals surface area contributed by atoms with E-state index in [0.29, 0.717) is 25.1 Å². The Morgan fingerprint density at radius 1 is 1.26 bits per heavy atom. The summed E-state index contributed by atoms with van der Waals surface area (Å²) in [5.41, 5.74) is 0.956. The summed E-state index contributed by atoms with van der Waals surface area (Å²) in [5.74, 6) is 1.25. The van der Waals surface area contributed by atoms with Gasteiger partial charge in [-0.05, 0) is 12.1 Å². The molecule has 6 nitrogen and oxygen atoms in total. The number of methoxy groups -OCH3 is 1. The molecule has 0 radical (unpaired) electrons. The number of thioether (sulfide) groups is 1. The van der Waals surface area contributed by atoms with Crippen LogP contribution in [0.2, 0.25) is 0 Å². The molecule has 0 saturated carbocycles. The molecule has 0 N–H and O–H groups in total. The lowest BCUT2D eigenvalue weighted by Gasteiger charge is -2.13. The Morgan fingerprint density at radius 2 is 2.04 bits per heavy atom. The van der Waals surface area contributed by atoms with Crippen molar-refractivity contribution >= 4 is 23.6 Å². The molecule has 23 heavy (non-hydrogen) atoms. The number of rotatable bonds is 6. The van der Waals surface area contributed by atoms with Crippen molar-refractivity contribution in [2.45, 2.75) is 18.0 Å². The van der Waals surface area contributed by atoms with Crippen molar-refractivity contribution < 1.29 is 14.3 Å². The quantitative estimate of drug-likeness (QED) is 0.599. The SMILES string of the molecule is COc1cccc(-n2ccnc2SCCN2C(=O)CCC2=O)c1. The lowest BCUT2D eigenvalue weighted by molar-refractivity contribution is -0.137. The van der Waals surface area contributed by atoms with Gasteiger partial charge in [-0.3, -0.25) is 19.1 Å². The number of carbonyl (C=O) groups is 2. The summed E-state index contributed by atoms with van der Waals surface area (Å²) >= 11 is 1.52. The van der Waals surface area contributed by atoms with Crippen molar-refractivity contribution in [1.82, 2.24) is 14.5 Å². The maximum absolute atomic E-state index is 11.6. The van der Waals surface area contributed by atoms with Gasteiger partial charge in [-0.2, -0.15) is 0 Å². The summed E-state index contributed by atoms with van der Waals surface area (Å²) in [6, 6.07) is 7.71. The largest absolute Gasteiger partial charge is 0.497 e. The van der Waals surface area contributed by atoms with Crippen LogP contribution in [-0.2, 0) is 9.59 Å². The van der Waals surface area contributed by atoms with Gasteiger partial charge in [0.2, 0.25) is 11.8 Å². The summed E-state index contributed by atoms with van der Waals surface area (Å²) in [7, 11) is 1.63. The molecule has 2 amide bonds. The normalized spacial score (nSPS) is 14.6. The van der Waals surface area contributed by atoms with Gasteiger partial charge in [0, 0.05) is 43.6 Å². The first-order valence-electron chi connectivity index (χ1n) is 7.33. The second-order valence-corrected chi connectivity index (χ2v) is 6.13. The third kappa shape index (κ3) is 3.39. The highest BCUT2D eigenvalue weighted by molar-refractivity contribution is 7.99. The van der Waals surface area contributed by atoms with Crippen molar-refractivity contribution in [2.75, 3.05) is 19.4 Å². The predicted octanol–water partition coefficient (Wildman–Crippen LogP) is 2.12. The van der Waals surface area contributed by atoms with Crippen molar-refractivity contribution in [3.8, 4) is 11.4 Å². The van der Waals surface area contributed by atoms with E-state index in [1.165, 1.54) is 16.7 Å². The minimum Gasteiger partial charge on any atom is -0.497 e. The van der Waals surface area contributed by atoms with Crippen molar-refractivity contribution in [3.63, 3.8) is 0 Å². The number of benzene rings is 1. The number of imidazole rings is 1. The number of hydrogen-bond acceptors (Lipinski definition) is 5. The van der Waals surface area contributed by atoms with Crippen LogP contribution in [0.1, 0.15) is 12.8 Å².